The van der Waals surface area contributed by atoms with Crippen molar-refractivity contribution in [2.45, 2.75) is 37.8 Å². The number of hydrogen-bond acceptors (Lipinski definition) is 5. The smallest absolute Gasteiger partial charge is 0.261 e. The molecule has 0 aliphatic carbocycles. The van der Waals surface area contributed by atoms with Gasteiger partial charge in [-0.2, -0.15) is 0 Å². The fourth-order valence-corrected chi connectivity index (χ4v) is 5.69. The molecule has 0 atom stereocenters. The first-order valence-corrected chi connectivity index (χ1v) is 12.4. The third-order valence-corrected chi connectivity index (χ3v) is 7.71. The van der Waals surface area contributed by atoms with Gasteiger partial charge in [-0.05, 0) is 62.1 Å². The maximum Gasteiger partial charge on any atom is 0.261 e. The molecule has 2 N–H and O–H groups in total. The van der Waals surface area contributed by atoms with Crippen molar-refractivity contribution in [3.8, 4) is 0 Å². The van der Waals surface area contributed by atoms with Crippen LogP contribution in [0, 0.1) is 26.6 Å². The summed E-state index contributed by atoms with van der Waals surface area (Å²) in [4.78, 5) is 35.2. The summed E-state index contributed by atoms with van der Waals surface area (Å²) in [6.07, 6.45) is 0.520. The van der Waals surface area contributed by atoms with Crippen LogP contribution in [0.5, 0.6) is 0 Å². The number of benzene rings is 2. The third-order valence-electron chi connectivity index (χ3n) is 5.35. The van der Waals surface area contributed by atoms with E-state index in [0.717, 1.165) is 10.5 Å². The molecule has 5 nitrogen and oxygen atoms in total. The highest BCUT2D eigenvalue weighted by molar-refractivity contribution is 7.98. The van der Waals surface area contributed by atoms with E-state index in [-0.39, 0.29) is 17.3 Å². The Balaban J connectivity index is 1.49. The van der Waals surface area contributed by atoms with Crippen LogP contribution in [-0.2, 0) is 12.2 Å². The fraction of sp³-hybridized carbons (Fsp3) is 0.240. The minimum atomic E-state index is -0.295. The van der Waals surface area contributed by atoms with Gasteiger partial charge < -0.3 is 10.3 Å². The van der Waals surface area contributed by atoms with Gasteiger partial charge >= 0.3 is 0 Å². The first-order chi connectivity index (χ1) is 15.8. The fourth-order valence-electron chi connectivity index (χ4n) is 3.58. The molecule has 8 heteroatoms. The largest absolute Gasteiger partial charge is 0.351 e. The number of H-pyrrole nitrogens is 1. The molecule has 0 saturated carbocycles. The third kappa shape index (κ3) is 5.34. The van der Waals surface area contributed by atoms with E-state index in [4.69, 9.17) is 0 Å². The molecular weight excluding hydrogens is 457 g/mol. The number of hydrogen-bond donors (Lipinski definition) is 2. The quantitative estimate of drug-likeness (QED) is 0.351. The van der Waals surface area contributed by atoms with Crippen LogP contribution in [0.3, 0.4) is 0 Å². The average Bonchev–Trinajstić information content (AvgIpc) is 3.11. The number of fused-ring (bicyclic) bond motifs is 1. The molecule has 2 aromatic heterocycles. The molecule has 0 radical (unpaired) electrons. The number of aromatic amines is 1. The van der Waals surface area contributed by atoms with Crippen LogP contribution in [-0.4, -0.2) is 22.4 Å². The number of nitrogens with zero attached hydrogens (tertiary/aromatic N) is 1. The minimum Gasteiger partial charge on any atom is -0.351 e. The van der Waals surface area contributed by atoms with Gasteiger partial charge in [-0.1, -0.05) is 29.8 Å². The standard InChI is InChI=1S/C25H24FN3O2S2/c1-14-7-8-15(2)19(11-14)32-13-20-28-23(30)21-16(3)22(33-25(21)29-20)24(31)27-10-9-17-5-4-6-18(26)12-17/h4-8,11-12H,9-10,13H2,1-3H3,(H,27,31)(H,28,29,30). The number of carbonyl (C=O) groups excluding carboxylic acids is 1. The van der Waals surface area contributed by atoms with Gasteiger partial charge in [0, 0.05) is 11.4 Å². The zero-order chi connectivity index (χ0) is 23.5. The van der Waals surface area contributed by atoms with Crippen molar-refractivity contribution >= 4 is 39.2 Å². The second kappa shape index (κ2) is 9.89. The lowest BCUT2D eigenvalue weighted by atomic mass is 10.1. The average molecular weight is 482 g/mol. The predicted octanol–water partition coefficient (Wildman–Crippen LogP) is 5.31. The molecular formula is C25H24FN3O2S2. The first-order valence-electron chi connectivity index (χ1n) is 10.6. The topological polar surface area (TPSA) is 74.8 Å². The van der Waals surface area contributed by atoms with Gasteiger partial charge in [-0.15, -0.1) is 23.1 Å². The van der Waals surface area contributed by atoms with Gasteiger partial charge in [0.05, 0.1) is 16.0 Å². The van der Waals surface area contributed by atoms with Crippen LogP contribution in [0.2, 0.25) is 0 Å². The van der Waals surface area contributed by atoms with E-state index in [1.54, 1.807) is 24.8 Å². The van der Waals surface area contributed by atoms with Crippen LogP contribution in [0.15, 0.2) is 52.2 Å². The molecule has 0 aliphatic heterocycles. The highest BCUT2D eigenvalue weighted by atomic mass is 32.2. The number of amides is 1. The van der Waals surface area contributed by atoms with Gasteiger partial charge in [-0.25, -0.2) is 9.37 Å². The highest BCUT2D eigenvalue weighted by Crippen LogP contribution is 2.29. The summed E-state index contributed by atoms with van der Waals surface area (Å²) < 4.78 is 13.3. The molecule has 0 fully saturated rings. The summed E-state index contributed by atoms with van der Waals surface area (Å²) in [5.74, 6) is 0.563. The summed E-state index contributed by atoms with van der Waals surface area (Å²) in [5.41, 5.74) is 3.57. The Labute approximate surface area is 199 Å². The van der Waals surface area contributed by atoms with E-state index in [2.05, 4.69) is 47.3 Å². The number of aryl methyl sites for hydroxylation is 3. The minimum absolute atomic E-state index is 0.232. The molecule has 2 heterocycles. The van der Waals surface area contributed by atoms with Gasteiger partial charge in [0.15, 0.2) is 0 Å². The zero-order valence-corrected chi connectivity index (χ0v) is 20.3. The molecule has 0 spiro atoms. The van der Waals surface area contributed by atoms with Crippen LogP contribution in [0.1, 0.15) is 37.7 Å². The number of carbonyl (C=O) groups is 1. The molecule has 1 amide bonds. The predicted molar refractivity (Wildman–Crippen MR) is 133 cm³/mol. The molecule has 170 valence electrons. The van der Waals surface area contributed by atoms with Crippen LogP contribution >= 0.6 is 23.1 Å². The van der Waals surface area contributed by atoms with E-state index in [9.17, 15) is 14.0 Å². The summed E-state index contributed by atoms with van der Waals surface area (Å²) in [5, 5.41) is 3.32. The monoisotopic (exact) mass is 481 g/mol. The van der Waals surface area contributed by atoms with Gasteiger partial charge in [0.1, 0.15) is 16.5 Å². The first kappa shape index (κ1) is 23.2. The number of thiophene rings is 1. The lowest BCUT2D eigenvalue weighted by molar-refractivity contribution is 0.0957. The Hall–Kier alpha value is -2.97. The normalized spacial score (nSPS) is 11.2. The van der Waals surface area contributed by atoms with Crippen molar-refractivity contribution in [2.24, 2.45) is 0 Å². The van der Waals surface area contributed by atoms with Crippen molar-refractivity contribution in [1.29, 1.82) is 0 Å². The Morgan fingerprint density at radius 3 is 2.79 bits per heavy atom. The van der Waals surface area contributed by atoms with E-state index in [0.29, 0.717) is 45.2 Å². The maximum absolute atomic E-state index is 13.3. The molecule has 0 saturated heterocycles. The molecule has 0 bridgehead atoms. The molecule has 4 rings (SSSR count). The molecule has 2 aromatic carbocycles. The Bertz CT molecular complexity index is 1390. The van der Waals surface area contributed by atoms with Crippen LogP contribution in [0.25, 0.3) is 10.2 Å². The lowest BCUT2D eigenvalue weighted by Gasteiger charge is -2.06. The summed E-state index contributed by atoms with van der Waals surface area (Å²) in [7, 11) is 0. The SMILES string of the molecule is Cc1ccc(C)c(SCc2nc3sc(C(=O)NCCc4cccc(F)c4)c(C)c3c(=O)[nH]2)c1. The van der Waals surface area contributed by atoms with Gasteiger partial charge in [-0.3, -0.25) is 9.59 Å². The molecule has 4 aromatic rings. The number of halogens is 1. The second-order valence-electron chi connectivity index (χ2n) is 7.94. The van der Waals surface area contributed by atoms with Crippen molar-refractivity contribution < 1.29 is 9.18 Å². The van der Waals surface area contributed by atoms with Gasteiger partial charge in [0.25, 0.3) is 11.5 Å². The number of nitrogens with one attached hydrogen (secondary N) is 2. The van der Waals surface area contributed by atoms with Crippen molar-refractivity contribution in [3.05, 3.63) is 91.6 Å². The van der Waals surface area contributed by atoms with E-state index < -0.39 is 0 Å². The van der Waals surface area contributed by atoms with Crippen molar-refractivity contribution in [1.82, 2.24) is 15.3 Å². The van der Waals surface area contributed by atoms with E-state index in [1.807, 2.05) is 6.07 Å². The molecule has 33 heavy (non-hydrogen) atoms. The van der Waals surface area contributed by atoms with Crippen LogP contribution in [0.4, 0.5) is 4.39 Å². The summed E-state index contributed by atoms with van der Waals surface area (Å²) >= 11 is 2.85. The van der Waals surface area contributed by atoms with Gasteiger partial charge in [0.2, 0.25) is 0 Å². The molecule has 0 aliphatic rings. The lowest BCUT2D eigenvalue weighted by Crippen LogP contribution is -2.25. The van der Waals surface area contributed by atoms with Crippen molar-refractivity contribution in [3.63, 3.8) is 0 Å². The molecule has 0 unspecified atom stereocenters. The highest BCUT2D eigenvalue weighted by Gasteiger charge is 2.19. The number of aromatic nitrogens is 2. The van der Waals surface area contributed by atoms with E-state index >= 15 is 0 Å². The summed E-state index contributed by atoms with van der Waals surface area (Å²) in [6.45, 7) is 6.25. The maximum atomic E-state index is 13.3. The Morgan fingerprint density at radius 2 is 2.00 bits per heavy atom. The van der Waals surface area contributed by atoms with Crippen molar-refractivity contribution in [2.75, 3.05) is 6.54 Å². The number of rotatable bonds is 7. The zero-order valence-electron chi connectivity index (χ0n) is 18.6. The van der Waals surface area contributed by atoms with Crippen LogP contribution < -0.4 is 10.9 Å². The Kier molecular flexibility index (Phi) is 6.95. The van der Waals surface area contributed by atoms with E-state index in [1.165, 1.54) is 34.6 Å². The Morgan fingerprint density at radius 1 is 1.18 bits per heavy atom. The number of thioether (sulfide) groups is 1. The second-order valence-corrected chi connectivity index (χ2v) is 9.96. The summed E-state index contributed by atoms with van der Waals surface area (Å²) in [6, 6.07) is 12.6.